The molecule has 0 fully saturated rings. The van der Waals surface area contributed by atoms with Gasteiger partial charge in [-0.15, -0.1) is 0 Å². The van der Waals surface area contributed by atoms with E-state index in [0.29, 0.717) is 11.1 Å². The molecule has 2 aromatic rings. The highest BCUT2D eigenvalue weighted by molar-refractivity contribution is 9.10. The van der Waals surface area contributed by atoms with Crippen molar-refractivity contribution in [2.75, 3.05) is 11.9 Å². The van der Waals surface area contributed by atoms with Gasteiger partial charge in [-0.3, -0.25) is 4.79 Å². The molecule has 0 unspecified atom stereocenters. The number of benzene rings is 2. The lowest BCUT2D eigenvalue weighted by molar-refractivity contribution is -0.121. The van der Waals surface area contributed by atoms with E-state index in [0.717, 1.165) is 11.6 Å². The summed E-state index contributed by atoms with van der Waals surface area (Å²) in [6, 6.07) is 11.9. The minimum atomic E-state index is -0.494. The Morgan fingerprint density at radius 1 is 1.29 bits per heavy atom. The van der Waals surface area contributed by atoms with Crippen LogP contribution in [0.5, 0.6) is 0 Å². The van der Waals surface area contributed by atoms with Crippen molar-refractivity contribution in [3.8, 4) is 0 Å². The van der Waals surface area contributed by atoms with E-state index in [1.54, 1.807) is 0 Å². The molecule has 0 aliphatic carbocycles. The number of carbonyl (C=O) groups is 1. The average molecular weight is 373 g/mol. The van der Waals surface area contributed by atoms with Crippen molar-refractivity contribution in [3.63, 3.8) is 0 Å². The van der Waals surface area contributed by atoms with Gasteiger partial charge in [0.2, 0.25) is 5.91 Å². The maximum absolute atomic E-state index is 13.3. The second kappa shape index (κ2) is 7.54. The summed E-state index contributed by atoms with van der Waals surface area (Å²) in [6.45, 7) is 0.189. The van der Waals surface area contributed by atoms with Crippen LogP contribution in [0.4, 0.5) is 10.1 Å². The van der Waals surface area contributed by atoms with E-state index >= 15 is 0 Å². The summed E-state index contributed by atoms with van der Waals surface area (Å²) in [6.07, 6.45) is 0. The molecule has 21 heavy (non-hydrogen) atoms. The van der Waals surface area contributed by atoms with Crippen molar-refractivity contribution >= 4 is 39.1 Å². The topological polar surface area (TPSA) is 38.3 Å². The molecule has 0 saturated carbocycles. The molecule has 2 rings (SSSR count). The maximum atomic E-state index is 13.3. The summed E-state index contributed by atoms with van der Waals surface area (Å²) in [4.78, 5) is 11.7. The Balaban J connectivity index is 1.88. The molecule has 2 aromatic carbocycles. The third kappa shape index (κ3) is 4.81. The van der Waals surface area contributed by atoms with Crippen LogP contribution >= 0.6 is 27.5 Å². The first-order chi connectivity index (χ1) is 10.1. The lowest BCUT2D eigenvalue weighted by Gasteiger charge is -2.09. The Labute approximate surface area is 135 Å². The Bertz CT molecular complexity index is 637. The van der Waals surface area contributed by atoms with E-state index in [9.17, 15) is 9.18 Å². The molecule has 6 heteroatoms. The molecule has 0 aliphatic rings. The van der Waals surface area contributed by atoms with Crippen molar-refractivity contribution in [3.05, 3.63) is 63.3 Å². The summed E-state index contributed by atoms with van der Waals surface area (Å²) in [5.74, 6) is -0.892. The van der Waals surface area contributed by atoms with E-state index in [2.05, 4.69) is 21.2 Å². The van der Waals surface area contributed by atoms with Gasteiger partial charge in [0, 0.05) is 4.47 Å². The molecule has 0 heterocycles. The molecule has 3 nitrogen and oxygen atoms in total. The largest absolute Gasteiger partial charge is 0.367 e. The molecular formula is C15H12BrClFNO2. The van der Waals surface area contributed by atoms with Crippen molar-refractivity contribution in [1.82, 2.24) is 0 Å². The summed E-state index contributed by atoms with van der Waals surface area (Å²) in [7, 11) is 0. The van der Waals surface area contributed by atoms with Crippen LogP contribution in [0.3, 0.4) is 0 Å². The summed E-state index contributed by atoms with van der Waals surface area (Å²) in [5, 5.41) is 2.76. The molecule has 0 atom stereocenters. The van der Waals surface area contributed by atoms with Crippen LogP contribution in [-0.4, -0.2) is 12.5 Å². The molecule has 0 spiro atoms. The lowest BCUT2D eigenvalue weighted by Crippen LogP contribution is -2.18. The molecule has 0 saturated heterocycles. The molecular weight excluding hydrogens is 361 g/mol. The summed E-state index contributed by atoms with van der Waals surface area (Å²) in [5.41, 5.74) is 1.17. The number of halogens is 3. The number of carbonyl (C=O) groups excluding carboxylic acids is 1. The standard InChI is InChI=1S/C15H12BrClFNO2/c16-12-6-11(18)7-13(15(12)17)19-14(20)9-21-8-10-4-2-1-3-5-10/h1-7H,8-9H2,(H,19,20). The quantitative estimate of drug-likeness (QED) is 0.790. The fourth-order valence-electron chi connectivity index (χ4n) is 1.67. The van der Waals surface area contributed by atoms with Gasteiger partial charge < -0.3 is 10.1 Å². The van der Waals surface area contributed by atoms with Crippen LogP contribution in [0, 0.1) is 5.82 Å². The van der Waals surface area contributed by atoms with E-state index in [4.69, 9.17) is 16.3 Å². The van der Waals surface area contributed by atoms with Gasteiger partial charge in [0.15, 0.2) is 0 Å². The van der Waals surface area contributed by atoms with Gasteiger partial charge in [-0.25, -0.2) is 4.39 Å². The fourth-order valence-corrected chi connectivity index (χ4v) is 2.26. The van der Waals surface area contributed by atoms with E-state index in [1.807, 2.05) is 30.3 Å². The van der Waals surface area contributed by atoms with Gasteiger partial charge >= 0.3 is 0 Å². The zero-order chi connectivity index (χ0) is 15.2. The first-order valence-electron chi connectivity index (χ1n) is 6.12. The van der Waals surface area contributed by atoms with Crippen LogP contribution < -0.4 is 5.32 Å². The Morgan fingerprint density at radius 2 is 2.00 bits per heavy atom. The lowest BCUT2D eigenvalue weighted by atomic mass is 10.2. The second-order valence-electron chi connectivity index (χ2n) is 4.28. The van der Waals surface area contributed by atoms with Crippen LogP contribution in [0.15, 0.2) is 46.9 Å². The Morgan fingerprint density at radius 3 is 2.71 bits per heavy atom. The van der Waals surface area contributed by atoms with Gasteiger partial charge in [0.25, 0.3) is 0 Å². The Hall–Kier alpha value is -1.43. The predicted octanol–water partition coefficient (Wildman–Crippen LogP) is 4.40. The first kappa shape index (κ1) is 15.9. The zero-order valence-electron chi connectivity index (χ0n) is 10.9. The first-order valence-corrected chi connectivity index (χ1v) is 7.29. The van der Waals surface area contributed by atoms with E-state index < -0.39 is 11.7 Å². The number of hydrogen-bond acceptors (Lipinski definition) is 2. The highest BCUT2D eigenvalue weighted by atomic mass is 79.9. The van der Waals surface area contributed by atoms with Gasteiger partial charge in [-0.2, -0.15) is 0 Å². The van der Waals surface area contributed by atoms with Gasteiger partial charge in [0.05, 0.1) is 17.3 Å². The van der Waals surface area contributed by atoms with Crippen molar-refractivity contribution in [2.45, 2.75) is 6.61 Å². The molecule has 0 radical (unpaired) electrons. The van der Waals surface area contributed by atoms with Gasteiger partial charge in [-0.05, 0) is 33.6 Å². The molecule has 0 aliphatic heterocycles. The number of nitrogens with one attached hydrogen (secondary N) is 1. The minimum Gasteiger partial charge on any atom is -0.367 e. The van der Waals surface area contributed by atoms with Crippen LogP contribution in [0.2, 0.25) is 5.02 Å². The van der Waals surface area contributed by atoms with E-state index in [1.165, 1.54) is 6.07 Å². The third-order valence-corrected chi connectivity index (χ3v) is 3.87. The highest BCUT2D eigenvalue weighted by Crippen LogP contribution is 2.31. The zero-order valence-corrected chi connectivity index (χ0v) is 13.2. The summed E-state index contributed by atoms with van der Waals surface area (Å²) >= 11 is 9.09. The van der Waals surface area contributed by atoms with Gasteiger partial charge in [0.1, 0.15) is 12.4 Å². The number of hydrogen-bond donors (Lipinski definition) is 1. The Kier molecular flexibility index (Phi) is 5.73. The molecule has 1 N–H and O–H groups in total. The number of ether oxygens (including phenoxy) is 1. The van der Waals surface area contributed by atoms with E-state index in [-0.39, 0.29) is 17.3 Å². The highest BCUT2D eigenvalue weighted by Gasteiger charge is 2.10. The molecule has 1 amide bonds. The average Bonchev–Trinajstić information content (AvgIpc) is 2.45. The molecule has 0 bridgehead atoms. The van der Waals surface area contributed by atoms with Crippen LogP contribution in [-0.2, 0) is 16.1 Å². The smallest absolute Gasteiger partial charge is 0.250 e. The number of anilines is 1. The van der Waals surface area contributed by atoms with Crippen molar-refractivity contribution in [1.29, 1.82) is 0 Å². The number of rotatable bonds is 5. The van der Waals surface area contributed by atoms with Crippen LogP contribution in [0.1, 0.15) is 5.56 Å². The number of amides is 1. The van der Waals surface area contributed by atoms with Crippen molar-refractivity contribution < 1.29 is 13.9 Å². The third-order valence-electron chi connectivity index (χ3n) is 2.61. The second-order valence-corrected chi connectivity index (χ2v) is 5.51. The predicted molar refractivity (Wildman–Crippen MR) is 83.8 cm³/mol. The minimum absolute atomic E-state index is 0.140. The molecule has 110 valence electrons. The summed E-state index contributed by atoms with van der Waals surface area (Å²) < 4.78 is 18.9. The van der Waals surface area contributed by atoms with Crippen molar-refractivity contribution in [2.24, 2.45) is 0 Å². The van der Waals surface area contributed by atoms with Gasteiger partial charge in [-0.1, -0.05) is 41.9 Å². The SMILES string of the molecule is O=C(COCc1ccccc1)Nc1cc(F)cc(Br)c1Cl. The maximum Gasteiger partial charge on any atom is 0.250 e. The normalized spacial score (nSPS) is 10.4. The molecule has 0 aromatic heterocycles. The monoisotopic (exact) mass is 371 g/mol. The fraction of sp³-hybridized carbons (Fsp3) is 0.133. The van der Waals surface area contributed by atoms with Crippen LogP contribution in [0.25, 0.3) is 0 Å².